The van der Waals surface area contributed by atoms with Crippen LogP contribution in [0.25, 0.3) is 0 Å². The van der Waals surface area contributed by atoms with Crippen LogP contribution in [-0.2, 0) is 10.0 Å². The van der Waals surface area contributed by atoms with Crippen molar-refractivity contribution in [3.8, 4) is 0 Å². The molecule has 1 fully saturated rings. The molecule has 1 aromatic carbocycles. The summed E-state index contributed by atoms with van der Waals surface area (Å²) in [6.45, 7) is 2.28. The molecular formula is C12H18N2O2S. The minimum Gasteiger partial charge on any atom is -0.329 e. The first-order chi connectivity index (χ1) is 8.03. The highest BCUT2D eigenvalue weighted by atomic mass is 32.2. The monoisotopic (exact) mass is 254 g/mol. The number of hydrogen-bond donors (Lipinski definition) is 2. The van der Waals surface area contributed by atoms with Crippen LogP contribution in [0.5, 0.6) is 0 Å². The fraction of sp³-hybridized carbons (Fsp3) is 0.500. The first-order valence-corrected chi connectivity index (χ1v) is 7.30. The highest BCUT2D eigenvalue weighted by Gasteiger charge is 2.33. The van der Waals surface area contributed by atoms with Gasteiger partial charge in [0.05, 0.1) is 4.90 Å². The molecule has 1 atom stereocenters. The molecule has 0 heterocycles. The Morgan fingerprint density at radius 1 is 1.35 bits per heavy atom. The van der Waals surface area contributed by atoms with Gasteiger partial charge < -0.3 is 5.73 Å². The second-order valence-electron chi connectivity index (χ2n) is 4.61. The Labute approximate surface area is 102 Å². The normalized spacial score (nSPS) is 18.0. The van der Waals surface area contributed by atoms with E-state index in [1.54, 1.807) is 24.3 Å². The van der Waals surface area contributed by atoms with E-state index in [9.17, 15) is 8.42 Å². The lowest BCUT2D eigenvalue weighted by Gasteiger charge is -2.16. The number of rotatable bonds is 5. The van der Waals surface area contributed by atoms with Crippen molar-refractivity contribution in [2.75, 3.05) is 6.54 Å². The summed E-state index contributed by atoms with van der Waals surface area (Å²) >= 11 is 0. The molecule has 1 saturated carbocycles. The van der Waals surface area contributed by atoms with Gasteiger partial charge in [0, 0.05) is 12.6 Å². The van der Waals surface area contributed by atoms with Crippen molar-refractivity contribution >= 4 is 10.0 Å². The van der Waals surface area contributed by atoms with Gasteiger partial charge in [-0.15, -0.1) is 0 Å². The summed E-state index contributed by atoms with van der Waals surface area (Å²) in [6, 6.07) is 6.71. The van der Waals surface area contributed by atoms with Crippen molar-refractivity contribution < 1.29 is 8.42 Å². The minimum absolute atomic E-state index is 0.124. The summed E-state index contributed by atoms with van der Waals surface area (Å²) in [5.74, 6) is 0.417. The summed E-state index contributed by atoms with van der Waals surface area (Å²) in [5.41, 5.74) is 6.64. The van der Waals surface area contributed by atoms with Crippen LogP contribution in [0.4, 0.5) is 0 Å². The van der Waals surface area contributed by atoms with Gasteiger partial charge in [-0.1, -0.05) is 17.7 Å². The SMILES string of the molecule is Cc1ccc(S(=O)(=O)NC(CN)C2CC2)cc1. The van der Waals surface area contributed by atoms with Gasteiger partial charge in [-0.05, 0) is 37.8 Å². The standard InChI is InChI=1S/C12H18N2O2S/c1-9-2-6-11(7-3-9)17(15,16)14-12(8-13)10-4-5-10/h2-3,6-7,10,12,14H,4-5,8,13H2,1H3. The van der Waals surface area contributed by atoms with Crippen molar-refractivity contribution in [2.45, 2.75) is 30.7 Å². The van der Waals surface area contributed by atoms with E-state index in [4.69, 9.17) is 5.73 Å². The van der Waals surface area contributed by atoms with Gasteiger partial charge in [0.2, 0.25) is 10.0 Å². The number of nitrogens with one attached hydrogen (secondary N) is 1. The number of sulfonamides is 1. The smallest absolute Gasteiger partial charge is 0.240 e. The number of hydrogen-bond acceptors (Lipinski definition) is 3. The van der Waals surface area contributed by atoms with Crippen molar-refractivity contribution in [3.63, 3.8) is 0 Å². The van der Waals surface area contributed by atoms with Gasteiger partial charge in [-0.2, -0.15) is 0 Å². The van der Waals surface area contributed by atoms with Gasteiger partial charge in [-0.25, -0.2) is 13.1 Å². The first kappa shape index (κ1) is 12.5. The molecule has 0 saturated heterocycles. The van der Waals surface area contributed by atoms with E-state index in [0.717, 1.165) is 18.4 Å². The van der Waals surface area contributed by atoms with E-state index in [1.165, 1.54) is 0 Å². The Morgan fingerprint density at radius 3 is 2.41 bits per heavy atom. The predicted octanol–water partition coefficient (Wildman–Crippen LogP) is 1.01. The highest BCUT2D eigenvalue weighted by molar-refractivity contribution is 7.89. The summed E-state index contributed by atoms with van der Waals surface area (Å²) in [6.07, 6.45) is 2.14. The number of nitrogens with two attached hydrogens (primary N) is 1. The quantitative estimate of drug-likeness (QED) is 0.823. The Morgan fingerprint density at radius 2 is 1.94 bits per heavy atom. The predicted molar refractivity (Wildman–Crippen MR) is 67.1 cm³/mol. The lowest BCUT2D eigenvalue weighted by molar-refractivity contribution is 0.519. The zero-order valence-corrected chi connectivity index (χ0v) is 10.7. The third kappa shape index (κ3) is 3.06. The average Bonchev–Trinajstić information content (AvgIpc) is 3.10. The minimum atomic E-state index is -3.42. The van der Waals surface area contributed by atoms with Gasteiger partial charge >= 0.3 is 0 Å². The third-order valence-electron chi connectivity index (χ3n) is 3.08. The summed E-state index contributed by atoms with van der Waals surface area (Å²) in [5, 5.41) is 0. The second kappa shape index (κ2) is 4.76. The molecule has 0 amide bonds. The van der Waals surface area contributed by atoms with E-state index in [-0.39, 0.29) is 6.04 Å². The maximum Gasteiger partial charge on any atom is 0.240 e. The molecule has 3 N–H and O–H groups in total. The van der Waals surface area contributed by atoms with E-state index >= 15 is 0 Å². The molecule has 4 nitrogen and oxygen atoms in total. The van der Waals surface area contributed by atoms with Crippen LogP contribution in [0.15, 0.2) is 29.2 Å². The van der Waals surface area contributed by atoms with Gasteiger partial charge in [0.15, 0.2) is 0 Å². The van der Waals surface area contributed by atoms with E-state index < -0.39 is 10.0 Å². The summed E-state index contributed by atoms with van der Waals surface area (Å²) in [7, 11) is -3.42. The van der Waals surface area contributed by atoms with Crippen LogP contribution in [0.2, 0.25) is 0 Å². The van der Waals surface area contributed by atoms with Crippen LogP contribution in [0.3, 0.4) is 0 Å². The lowest BCUT2D eigenvalue weighted by Crippen LogP contribution is -2.41. The number of benzene rings is 1. The molecule has 1 aliphatic carbocycles. The number of aryl methyl sites for hydroxylation is 1. The van der Waals surface area contributed by atoms with Crippen LogP contribution in [0, 0.1) is 12.8 Å². The molecule has 94 valence electrons. The fourth-order valence-corrected chi connectivity index (χ4v) is 3.14. The Hall–Kier alpha value is -0.910. The van der Waals surface area contributed by atoms with E-state index in [1.807, 2.05) is 6.92 Å². The molecule has 0 spiro atoms. The van der Waals surface area contributed by atoms with Gasteiger partial charge in [0.1, 0.15) is 0 Å². The topological polar surface area (TPSA) is 72.2 Å². The Balaban J connectivity index is 2.15. The van der Waals surface area contributed by atoms with Gasteiger partial charge in [0.25, 0.3) is 0 Å². The molecule has 0 radical (unpaired) electrons. The Kier molecular flexibility index (Phi) is 3.51. The summed E-state index contributed by atoms with van der Waals surface area (Å²) in [4.78, 5) is 0.308. The Bertz CT molecular complexity index is 478. The zero-order chi connectivity index (χ0) is 12.5. The molecule has 1 unspecified atom stereocenters. The molecular weight excluding hydrogens is 236 g/mol. The molecule has 1 aliphatic rings. The molecule has 2 rings (SSSR count). The molecule has 1 aromatic rings. The highest BCUT2D eigenvalue weighted by Crippen LogP contribution is 2.32. The largest absolute Gasteiger partial charge is 0.329 e. The maximum atomic E-state index is 12.1. The third-order valence-corrected chi connectivity index (χ3v) is 4.59. The first-order valence-electron chi connectivity index (χ1n) is 5.82. The summed E-state index contributed by atoms with van der Waals surface area (Å²) < 4.78 is 26.8. The van der Waals surface area contributed by atoms with Crippen molar-refractivity contribution in [1.82, 2.24) is 4.72 Å². The van der Waals surface area contributed by atoms with Crippen molar-refractivity contribution in [2.24, 2.45) is 11.7 Å². The molecule has 0 bridgehead atoms. The van der Waals surface area contributed by atoms with Crippen molar-refractivity contribution in [1.29, 1.82) is 0 Å². The van der Waals surface area contributed by atoms with Crippen LogP contribution in [0.1, 0.15) is 18.4 Å². The van der Waals surface area contributed by atoms with Crippen molar-refractivity contribution in [3.05, 3.63) is 29.8 Å². The molecule has 0 aromatic heterocycles. The average molecular weight is 254 g/mol. The van der Waals surface area contributed by atoms with Crippen LogP contribution < -0.4 is 10.5 Å². The second-order valence-corrected chi connectivity index (χ2v) is 6.33. The fourth-order valence-electron chi connectivity index (χ4n) is 1.82. The van der Waals surface area contributed by atoms with Crippen LogP contribution in [-0.4, -0.2) is 21.0 Å². The molecule has 5 heteroatoms. The van der Waals surface area contributed by atoms with Crippen LogP contribution >= 0.6 is 0 Å². The lowest BCUT2D eigenvalue weighted by atomic mass is 10.2. The van der Waals surface area contributed by atoms with E-state index in [2.05, 4.69) is 4.72 Å². The maximum absolute atomic E-state index is 12.1. The zero-order valence-electron chi connectivity index (χ0n) is 9.89. The molecule has 17 heavy (non-hydrogen) atoms. The van der Waals surface area contributed by atoms with Gasteiger partial charge in [-0.3, -0.25) is 0 Å². The van der Waals surface area contributed by atoms with E-state index in [0.29, 0.717) is 17.4 Å². The molecule has 0 aliphatic heterocycles.